The Bertz CT molecular complexity index is 527. The fourth-order valence-corrected chi connectivity index (χ4v) is 2.63. The third-order valence-corrected chi connectivity index (χ3v) is 3.65. The van der Waals surface area contributed by atoms with Gasteiger partial charge in [-0.1, -0.05) is 12.1 Å². The minimum atomic E-state index is -0.987. The lowest BCUT2D eigenvalue weighted by atomic mass is 9.84. The number of carbonyl (C=O) groups is 1. The zero-order valence-corrected chi connectivity index (χ0v) is 11.6. The van der Waals surface area contributed by atoms with E-state index in [0.717, 1.165) is 5.56 Å². The minimum absolute atomic E-state index is 0.0775. The minimum Gasteiger partial charge on any atom is -0.347 e. The SMILES string of the molecule is CC(=O)C(C(N)c1ccc(C#N)cc1)C1(C)OCCO1. The van der Waals surface area contributed by atoms with Crippen LogP contribution in [0.15, 0.2) is 24.3 Å². The van der Waals surface area contributed by atoms with Gasteiger partial charge in [-0.3, -0.25) is 4.79 Å². The topological polar surface area (TPSA) is 85.3 Å². The number of hydrogen-bond donors (Lipinski definition) is 1. The molecular formula is C15H18N2O3. The van der Waals surface area contributed by atoms with E-state index in [0.29, 0.717) is 18.8 Å². The van der Waals surface area contributed by atoms with Crippen molar-refractivity contribution < 1.29 is 14.3 Å². The van der Waals surface area contributed by atoms with Crippen molar-refractivity contribution in [1.29, 1.82) is 5.26 Å². The van der Waals surface area contributed by atoms with E-state index in [1.54, 1.807) is 31.2 Å². The lowest BCUT2D eigenvalue weighted by molar-refractivity contribution is -0.189. The van der Waals surface area contributed by atoms with Crippen LogP contribution in [-0.2, 0) is 14.3 Å². The maximum Gasteiger partial charge on any atom is 0.177 e. The monoisotopic (exact) mass is 274 g/mol. The van der Waals surface area contributed by atoms with E-state index in [9.17, 15) is 4.79 Å². The summed E-state index contributed by atoms with van der Waals surface area (Å²) in [5.41, 5.74) is 7.57. The molecule has 1 aliphatic rings. The Morgan fingerprint density at radius 3 is 2.35 bits per heavy atom. The molecule has 1 aromatic rings. The highest BCUT2D eigenvalue weighted by Gasteiger charge is 2.46. The summed E-state index contributed by atoms with van der Waals surface area (Å²) in [5.74, 6) is -1.65. The van der Waals surface area contributed by atoms with E-state index >= 15 is 0 Å². The summed E-state index contributed by atoms with van der Waals surface area (Å²) in [4.78, 5) is 12.0. The Morgan fingerprint density at radius 2 is 1.90 bits per heavy atom. The van der Waals surface area contributed by atoms with Crippen LogP contribution in [0.2, 0.25) is 0 Å². The van der Waals surface area contributed by atoms with Crippen molar-refractivity contribution in [2.24, 2.45) is 11.7 Å². The van der Waals surface area contributed by atoms with Crippen LogP contribution in [0.25, 0.3) is 0 Å². The van der Waals surface area contributed by atoms with E-state index < -0.39 is 17.7 Å². The zero-order valence-electron chi connectivity index (χ0n) is 11.6. The predicted molar refractivity (Wildman–Crippen MR) is 72.6 cm³/mol. The molecule has 5 nitrogen and oxygen atoms in total. The number of Topliss-reactive ketones (excluding diaryl/α,β-unsaturated/α-hetero) is 1. The van der Waals surface area contributed by atoms with Crippen LogP contribution in [0.3, 0.4) is 0 Å². The number of nitrogens with two attached hydrogens (primary N) is 1. The van der Waals surface area contributed by atoms with Crippen molar-refractivity contribution in [2.75, 3.05) is 13.2 Å². The smallest absolute Gasteiger partial charge is 0.177 e. The number of ketones is 1. The van der Waals surface area contributed by atoms with Crippen molar-refractivity contribution in [3.05, 3.63) is 35.4 Å². The molecule has 5 heteroatoms. The molecule has 2 unspecified atom stereocenters. The molecule has 1 fully saturated rings. The van der Waals surface area contributed by atoms with Gasteiger partial charge in [0.15, 0.2) is 5.79 Å². The third kappa shape index (κ3) is 2.73. The number of nitriles is 1. The molecule has 2 rings (SSSR count). The number of ether oxygens (including phenoxy) is 2. The normalized spacial score (nSPS) is 20.1. The first-order valence-corrected chi connectivity index (χ1v) is 6.52. The summed E-state index contributed by atoms with van der Waals surface area (Å²) >= 11 is 0. The van der Waals surface area contributed by atoms with Crippen molar-refractivity contribution in [2.45, 2.75) is 25.7 Å². The lowest BCUT2D eigenvalue weighted by Crippen LogP contribution is -2.46. The number of hydrogen-bond acceptors (Lipinski definition) is 5. The highest BCUT2D eigenvalue weighted by molar-refractivity contribution is 5.80. The van der Waals surface area contributed by atoms with Crippen LogP contribution in [0.4, 0.5) is 0 Å². The molecule has 2 N–H and O–H groups in total. The van der Waals surface area contributed by atoms with Gasteiger partial charge in [-0.25, -0.2) is 0 Å². The molecule has 20 heavy (non-hydrogen) atoms. The zero-order chi connectivity index (χ0) is 14.8. The van der Waals surface area contributed by atoms with Crippen LogP contribution in [0, 0.1) is 17.2 Å². The van der Waals surface area contributed by atoms with Crippen molar-refractivity contribution in [3.63, 3.8) is 0 Å². The molecule has 0 aromatic heterocycles. The summed E-state index contributed by atoms with van der Waals surface area (Å²) < 4.78 is 11.2. The standard InChI is InChI=1S/C15H18N2O3/c1-10(18)13(15(2)19-7-8-20-15)14(17)12-5-3-11(9-16)4-6-12/h3-6,13-14H,7-8,17H2,1-2H3. The third-order valence-electron chi connectivity index (χ3n) is 3.65. The maximum atomic E-state index is 12.0. The van der Waals surface area contributed by atoms with E-state index in [2.05, 4.69) is 6.07 Å². The summed E-state index contributed by atoms with van der Waals surface area (Å²) in [7, 11) is 0. The number of nitrogens with zero attached hydrogens (tertiary/aromatic N) is 1. The van der Waals surface area contributed by atoms with E-state index in [1.807, 2.05) is 0 Å². The van der Waals surface area contributed by atoms with Crippen LogP contribution in [-0.4, -0.2) is 24.8 Å². The van der Waals surface area contributed by atoms with Gasteiger partial charge in [0.05, 0.1) is 30.8 Å². The Hall–Kier alpha value is -1.74. The average molecular weight is 274 g/mol. The predicted octanol–water partition coefficient (Wildman–Crippen LogP) is 1.53. The van der Waals surface area contributed by atoms with Crippen LogP contribution >= 0.6 is 0 Å². The van der Waals surface area contributed by atoms with Gasteiger partial charge in [0.25, 0.3) is 0 Å². The summed E-state index contributed by atoms with van der Waals surface area (Å²) in [5, 5.41) is 8.80. The van der Waals surface area contributed by atoms with E-state index in [1.165, 1.54) is 6.92 Å². The molecule has 0 amide bonds. The second-order valence-electron chi connectivity index (χ2n) is 5.06. The first kappa shape index (κ1) is 14.7. The van der Waals surface area contributed by atoms with Crippen molar-refractivity contribution in [1.82, 2.24) is 0 Å². The number of benzene rings is 1. The molecular weight excluding hydrogens is 256 g/mol. The fraction of sp³-hybridized carbons (Fsp3) is 0.467. The lowest BCUT2D eigenvalue weighted by Gasteiger charge is -2.34. The quantitative estimate of drug-likeness (QED) is 0.899. The van der Waals surface area contributed by atoms with E-state index in [-0.39, 0.29) is 5.78 Å². The van der Waals surface area contributed by atoms with Gasteiger partial charge in [-0.05, 0) is 31.5 Å². The molecule has 0 radical (unpaired) electrons. The Labute approximate surface area is 118 Å². The van der Waals surface area contributed by atoms with Gasteiger partial charge in [0.2, 0.25) is 0 Å². The molecule has 1 aromatic carbocycles. The average Bonchev–Trinajstić information content (AvgIpc) is 2.85. The van der Waals surface area contributed by atoms with Crippen molar-refractivity contribution >= 4 is 5.78 Å². The Morgan fingerprint density at radius 1 is 1.35 bits per heavy atom. The highest BCUT2D eigenvalue weighted by Crippen LogP contribution is 2.36. The van der Waals surface area contributed by atoms with E-state index in [4.69, 9.17) is 20.5 Å². The first-order valence-electron chi connectivity index (χ1n) is 6.52. The summed E-state index contributed by atoms with van der Waals surface area (Å²) in [6, 6.07) is 8.41. The molecule has 1 aliphatic heterocycles. The molecule has 0 spiro atoms. The largest absolute Gasteiger partial charge is 0.347 e. The first-order chi connectivity index (χ1) is 9.48. The molecule has 1 saturated heterocycles. The van der Waals surface area contributed by atoms with Crippen LogP contribution in [0.5, 0.6) is 0 Å². The summed E-state index contributed by atoms with van der Waals surface area (Å²) in [6.45, 7) is 4.15. The molecule has 0 bridgehead atoms. The molecule has 2 atom stereocenters. The number of carbonyl (C=O) groups excluding carboxylic acids is 1. The van der Waals surface area contributed by atoms with Gasteiger partial charge in [-0.15, -0.1) is 0 Å². The molecule has 0 aliphatic carbocycles. The van der Waals surface area contributed by atoms with Crippen molar-refractivity contribution in [3.8, 4) is 6.07 Å². The van der Waals surface area contributed by atoms with Gasteiger partial charge in [-0.2, -0.15) is 5.26 Å². The second-order valence-corrected chi connectivity index (χ2v) is 5.06. The fourth-order valence-electron chi connectivity index (χ4n) is 2.63. The molecule has 0 saturated carbocycles. The van der Waals surface area contributed by atoms with Gasteiger partial charge < -0.3 is 15.2 Å². The molecule has 106 valence electrons. The highest BCUT2D eigenvalue weighted by atomic mass is 16.7. The van der Waals surface area contributed by atoms with Crippen LogP contribution in [0.1, 0.15) is 31.0 Å². The molecule has 1 heterocycles. The van der Waals surface area contributed by atoms with Gasteiger partial charge in [0, 0.05) is 6.04 Å². The van der Waals surface area contributed by atoms with Crippen LogP contribution < -0.4 is 5.73 Å². The van der Waals surface area contributed by atoms with Gasteiger partial charge >= 0.3 is 0 Å². The second kappa shape index (κ2) is 5.71. The van der Waals surface area contributed by atoms with Gasteiger partial charge in [0.1, 0.15) is 5.78 Å². The Balaban J connectivity index is 2.29. The Kier molecular flexibility index (Phi) is 4.19. The maximum absolute atomic E-state index is 12.0. The summed E-state index contributed by atoms with van der Waals surface area (Å²) in [6.07, 6.45) is 0. The number of rotatable bonds is 4.